The maximum atomic E-state index is 5.41. The third kappa shape index (κ3) is 3.06. The summed E-state index contributed by atoms with van der Waals surface area (Å²) in [5, 5.41) is 4.15. The molecule has 1 heterocycles. The standard InChI is InChI=1S/C9H17N3O/c1-8(2)12-7-9(6-11-12)13-5-3-4-10/h6-8H,3-5,10H2,1-2H3. The first-order chi connectivity index (χ1) is 6.24. The highest BCUT2D eigenvalue weighted by atomic mass is 16.5. The molecule has 13 heavy (non-hydrogen) atoms. The van der Waals surface area contributed by atoms with Crippen LogP contribution in [0.4, 0.5) is 0 Å². The molecule has 74 valence electrons. The Morgan fingerprint density at radius 1 is 1.62 bits per heavy atom. The minimum absolute atomic E-state index is 0.381. The Labute approximate surface area is 78.7 Å². The van der Waals surface area contributed by atoms with Gasteiger partial charge in [0.2, 0.25) is 0 Å². The normalized spacial score (nSPS) is 10.8. The molecule has 0 aromatic carbocycles. The fourth-order valence-corrected chi connectivity index (χ4v) is 0.951. The van der Waals surface area contributed by atoms with Crippen LogP contribution in [0.25, 0.3) is 0 Å². The lowest BCUT2D eigenvalue weighted by molar-refractivity contribution is 0.312. The van der Waals surface area contributed by atoms with Gasteiger partial charge in [0, 0.05) is 6.04 Å². The fourth-order valence-electron chi connectivity index (χ4n) is 0.951. The van der Waals surface area contributed by atoms with Crippen molar-refractivity contribution in [3.63, 3.8) is 0 Å². The largest absolute Gasteiger partial charge is 0.490 e. The highest BCUT2D eigenvalue weighted by Crippen LogP contribution is 2.12. The van der Waals surface area contributed by atoms with Crippen LogP contribution in [0, 0.1) is 0 Å². The van der Waals surface area contributed by atoms with Crippen LogP contribution in [0.2, 0.25) is 0 Å². The molecule has 0 unspecified atom stereocenters. The second kappa shape index (κ2) is 4.87. The van der Waals surface area contributed by atoms with Crippen LogP contribution in [0.3, 0.4) is 0 Å². The molecule has 0 bridgehead atoms. The van der Waals surface area contributed by atoms with Crippen LogP contribution in [-0.2, 0) is 0 Å². The zero-order valence-corrected chi connectivity index (χ0v) is 8.23. The molecule has 0 amide bonds. The summed E-state index contributed by atoms with van der Waals surface area (Å²) in [5.74, 6) is 0.821. The van der Waals surface area contributed by atoms with Gasteiger partial charge in [-0.2, -0.15) is 5.10 Å². The minimum atomic E-state index is 0.381. The van der Waals surface area contributed by atoms with Gasteiger partial charge in [-0.05, 0) is 26.8 Å². The molecule has 0 atom stereocenters. The average molecular weight is 183 g/mol. The molecule has 1 rings (SSSR count). The molecule has 2 N–H and O–H groups in total. The third-order valence-corrected chi connectivity index (χ3v) is 1.72. The first kappa shape index (κ1) is 10.1. The Morgan fingerprint density at radius 3 is 2.92 bits per heavy atom. The van der Waals surface area contributed by atoms with E-state index in [0.29, 0.717) is 19.2 Å². The van der Waals surface area contributed by atoms with Crippen molar-refractivity contribution in [1.82, 2.24) is 9.78 Å². The molecule has 0 fully saturated rings. The molecule has 1 aromatic heterocycles. The Kier molecular flexibility index (Phi) is 3.76. The quantitative estimate of drug-likeness (QED) is 0.698. The molecule has 0 aliphatic carbocycles. The zero-order chi connectivity index (χ0) is 9.68. The highest BCUT2D eigenvalue weighted by Gasteiger charge is 2.01. The van der Waals surface area contributed by atoms with Gasteiger partial charge in [0.25, 0.3) is 0 Å². The van der Waals surface area contributed by atoms with E-state index in [1.165, 1.54) is 0 Å². The molecule has 0 saturated heterocycles. The van der Waals surface area contributed by atoms with Crippen molar-refractivity contribution >= 4 is 0 Å². The number of hydrogen-bond donors (Lipinski definition) is 1. The van der Waals surface area contributed by atoms with Gasteiger partial charge in [-0.15, -0.1) is 0 Å². The van der Waals surface area contributed by atoms with E-state index >= 15 is 0 Å². The van der Waals surface area contributed by atoms with E-state index in [0.717, 1.165) is 12.2 Å². The molecule has 4 heteroatoms. The van der Waals surface area contributed by atoms with Gasteiger partial charge in [-0.3, -0.25) is 4.68 Å². The second-order valence-electron chi connectivity index (χ2n) is 3.24. The highest BCUT2D eigenvalue weighted by molar-refractivity contribution is 5.11. The number of hydrogen-bond acceptors (Lipinski definition) is 3. The Hall–Kier alpha value is -1.03. The number of ether oxygens (including phenoxy) is 1. The summed E-state index contributed by atoms with van der Waals surface area (Å²) in [5.41, 5.74) is 5.35. The monoisotopic (exact) mass is 183 g/mol. The van der Waals surface area contributed by atoms with Gasteiger partial charge in [-0.1, -0.05) is 0 Å². The summed E-state index contributed by atoms with van der Waals surface area (Å²) in [7, 11) is 0. The zero-order valence-electron chi connectivity index (χ0n) is 8.23. The predicted octanol–water partition coefficient (Wildman–Crippen LogP) is 1.19. The van der Waals surface area contributed by atoms with Gasteiger partial charge in [0.05, 0.1) is 19.0 Å². The van der Waals surface area contributed by atoms with Gasteiger partial charge in [0.15, 0.2) is 5.75 Å². The smallest absolute Gasteiger partial charge is 0.157 e. The summed E-state index contributed by atoms with van der Waals surface area (Å²) in [6.45, 7) is 5.49. The fraction of sp³-hybridized carbons (Fsp3) is 0.667. The molecular weight excluding hydrogens is 166 g/mol. The molecule has 0 saturated carbocycles. The lowest BCUT2D eigenvalue weighted by atomic mass is 10.4. The molecule has 0 spiro atoms. The van der Waals surface area contributed by atoms with Crippen LogP contribution >= 0.6 is 0 Å². The number of nitrogens with two attached hydrogens (primary N) is 1. The van der Waals surface area contributed by atoms with Gasteiger partial charge < -0.3 is 10.5 Å². The average Bonchev–Trinajstić information content (AvgIpc) is 2.53. The Morgan fingerprint density at radius 2 is 2.38 bits per heavy atom. The molecule has 0 aliphatic heterocycles. The van der Waals surface area contributed by atoms with E-state index in [-0.39, 0.29) is 0 Å². The molecule has 0 radical (unpaired) electrons. The molecule has 4 nitrogen and oxygen atoms in total. The van der Waals surface area contributed by atoms with E-state index in [9.17, 15) is 0 Å². The van der Waals surface area contributed by atoms with Crippen molar-refractivity contribution in [2.45, 2.75) is 26.3 Å². The van der Waals surface area contributed by atoms with Crippen LogP contribution < -0.4 is 10.5 Å². The first-order valence-corrected chi connectivity index (χ1v) is 4.61. The van der Waals surface area contributed by atoms with Crippen molar-refractivity contribution in [1.29, 1.82) is 0 Å². The number of aromatic nitrogens is 2. The lowest BCUT2D eigenvalue weighted by Crippen LogP contribution is -2.05. The predicted molar refractivity (Wildman–Crippen MR) is 51.8 cm³/mol. The third-order valence-electron chi connectivity index (χ3n) is 1.72. The van der Waals surface area contributed by atoms with Crippen molar-refractivity contribution in [2.75, 3.05) is 13.2 Å². The maximum Gasteiger partial charge on any atom is 0.157 e. The van der Waals surface area contributed by atoms with Crippen LogP contribution in [0.5, 0.6) is 5.75 Å². The maximum absolute atomic E-state index is 5.41. The van der Waals surface area contributed by atoms with Crippen molar-refractivity contribution < 1.29 is 4.74 Å². The SMILES string of the molecule is CC(C)n1cc(OCCCN)cn1. The second-order valence-corrected chi connectivity index (χ2v) is 3.24. The number of nitrogens with zero attached hydrogens (tertiary/aromatic N) is 2. The first-order valence-electron chi connectivity index (χ1n) is 4.61. The molecular formula is C9H17N3O. The summed E-state index contributed by atoms with van der Waals surface area (Å²) in [6, 6.07) is 0.381. The van der Waals surface area contributed by atoms with Crippen molar-refractivity contribution in [3.05, 3.63) is 12.4 Å². The van der Waals surface area contributed by atoms with E-state index in [2.05, 4.69) is 18.9 Å². The topological polar surface area (TPSA) is 53.1 Å². The van der Waals surface area contributed by atoms with E-state index in [1.807, 2.05) is 10.9 Å². The summed E-state index contributed by atoms with van der Waals surface area (Å²) in [6.07, 6.45) is 4.52. The van der Waals surface area contributed by atoms with Crippen LogP contribution in [-0.4, -0.2) is 22.9 Å². The summed E-state index contributed by atoms with van der Waals surface area (Å²) < 4.78 is 7.29. The van der Waals surface area contributed by atoms with Crippen molar-refractivity contribution in [2.24, 2.45) is 5.73 Å². The Bertz CT molecular complexity index is 245. The van der Waals surface area contributed by atoms with Crippen LogP contribution in [0.15, 0.2) is 12.4 Å². The summed E-state index contributed by atoms with van der Waals surface area (Å²) >= 11 is 0. The minimum Gasteiger partial charge on any atom is -0.490 e. The van der Waals surface area contributed by atoms with E-state index in [1.54, 1.807) is 6.20 Å². The summed E-state index contributed by atoms with van der Waals surface area (Å²) in [4.78, 5) is 0. The Balaban J connectivity index is 2.40. The van der Waals surface area contributed by atoms with Gasteiger partial charge in [-0.25, -0.2) is 0 Å². The number of rotatable bonds is 5. The van der Waals surface area contributed by atoms with E-state index < -0.39 is 0 Å². The lowest BCUT2D eigenvalue weighted by Gasteiger charge is -2.03. The van der Waals surface area contributed by atoms with Crippen molar-refractivity contribution in [3.8, 4) is 5.75 Å². The van der Waals surface area contributed by atoms with Gasteiger partial charge >= 0.3 is 0 Å². The van der Waals surface area contributed by atoms with E-state index in [4.69, 9.17) is 10.5 Å². The molecule has 1 aromatic rings. The molecule has 0 aliphatic rings. The van der Waals surface area contributed by atoms with Gasteiger partial charge in [0.1, 0.15) is 0 Å². The van der Waals surface area contributed by atoms with Crippen LogP contribution in [0.1, 0.15) is 26.3 Å².